The summed E-state index contributed by atoms with van der Waals surface area (Å²) in [6.07, 6.45) is 2.81. The van der Waals surface area contributed by atoms with Crippen LogP contribution in [0.1, 0.15) is 47.0 Å². The van der Waals surface area contributed by atoms with Crippen LogP contribution in [0.5, 0.6) is 0 Å². The Morgan fingerprint density at radius 3 is 2.53 bits per heavy atom. The number of hydrogen-bond acceptors (Lipinski definition) is 4. The van der Waals surface area contributed by atoms with Gasteiger partial charge in [0.05, 0.1) is 23.1 Å². The third kappa shape index (κ3) is 4.27. The van der Waals surface area contributed by atoms with Crippen LogP contribution >= 0.6 is 0 Å². The van der Waals surface area contributed by atoms with Crippen molar-refractivity contribution in [3.05, 3.63) is 76.6 Å². The molecular weight excluding hydrogens is 424 g/mol. The minimum atomic E-state index is -4.00. The van der Waals surface area contributed by atoms with E-state index in [-0.39, 0.29) is 23.4 Å². The monoisotopic (exact) mass is 452 g/mol. The van der Waals surface area contributed by atoms with Crippen LogP contribution in [0, 0.1) is 20.8 Å². The molecule has 0 spiro atoms. The molecule has 3 aromatic rings. The standard InChI is InChI=1S/C24H28N4O3S/c1-16-11-13-20(14-12-16)28(32(30,31)24-17(2)26-27-18(24)3)15-23(29)25-22-10-6-8-19-7-4-5-9-21(19)22/h4-5,7,9,11-14,22H,6,8,10,15H2,1-3H3,(H,25,29)(H,26,27)/t22-/m0/s1. The van der Waals surface area contributed by atoms with Crippen LogP contribution in [0.4, 0.5) is 5.69 Å². The number of aryl methyl sites for hydroxylation is 4. The number of aromatic amines is 1. The molecule has 7 nitrogen and oxygen atoms in total. The molecule has 4 rings (SSSR count). The normalized spacial score (nSPS) is 15.8. The van der Waals surface area contributed by atoms with Gasteiger partial charge in [-0.3, -0.25) is 14.2 Å². The Labute approximate surface area is 188 Å². The highest BCUT2D eigenvalue weighted by atomic mass is 32.2. The maximum Gasteiger partial charge on any atom is 0.268 e. The van der Waals surface area contributed by atoms with Gasteiger partial charge in [-0.25, -0.2) is 8.42 Å². The van der Waals surface area contributed by atoms with E-state index in [4.69, 9.17) is 0 Å². The zero-order chi connectivity index (χ0) is 22.9. The Morgan fingerprint density at radius 1 is 1.12 bits per heavy atom. The van der Waals surface area contributed by atoms with E-state index in [1.165, 1.54) is 9.87 Å². The van der Waals surface area contributed by atoms with Gasteiger partial charge in [-0.05, 0) is 63.3 Å². The van der Waals surface area contributed by atoms with E-state index in [9.17, 15) is 13.2 Å². The largest absolute Gasteiger partial charge is 0.348 e. The second-order valence-electron chi connectivity index (χ2n) is 8.32. The number of carbonyl (C=O) groups is 1. The van der Waals surface area contributed by atoms with Crippen molar-refractivity contribution in [3.63, 3.8) is 0 Å². The van der Waals surface area contributed by atoms with Crippen molar-refractivity contribution in [2.24, 2.45) is 0 Å². The number of H-pyrrole nitrogens is 1. The molecule has 1 amide bonds. The summed E-state index contributed by atoms with van der Waals surface area (Å²) in [5.74, 6) is -0.338. The molecule has 0 fully saturated rings. The van der Waals surface area contributed by atoms with Crippen molar-refractivity contribution < 1.29 is 13.2 Å². The molecule has 32 heavy (non-hydrogen) atoms. The zero-order valence-electron chi connectivity index (χ0n) is 18.6. The number of hydrogen-bond donors (Lipinski definition) is 2. The Balaban J connectivity index is 1.64. The van der Waals surface area contributed by atoms with Crippen molar-refractivity contribution >= 4 is 21.6 Å². The third-order valence-electron chi connectivity index (χ3n) is 5.92. The molecule has 1 aliphatic carbocycles. The van der Waals surface area contributed by atoms with Crippen LogP contribution in [0.3, 0.4) is 0 Å². The molecule has 8 heteroatoms. The lowest BCUT2D eigenvalue weighted by molar-refractivity contribution is -0.120. The highest BCUT2D eigenvalue weighted by molar-refractivity contribution is 7.93. The molecule has 1 atom stereocenters. The molecule has 0 unspecified atom stereocenters. The van der Waals surface area contributed by atoms with Gasteiger partial charge in [-0.1, -0.05) is 42.0 Å². The number of amides is 1. The molecule has 1 heterocycles. The summed E-state index contributed by atoms with van der Waals surface area (Å²) in [6.45, 7) is 4.93. The first kappa shape index (κ1) is 22.1. The van der Waals surface area contributed by atoms with E-state index in [0.717, 1.165) is 30.4 Å². The fourth-order valence-corrected chi connectivity index (χ4v) is 6.09. The van der Waals surface area contributed by atoms with E-state index >= 15 is 0 Å². The van der Waals surface area contributed by atoms with Gasteiger partial charge in [0, 0.05) is 0 Å². The summed E-state index contributed by atoms with van der Waals surface area (Å²) < 4.78 is 28.4. The summed E-state index contributed by atoms with van der Waals surface area (Å²) in [7, 11) is -4.00. The number of rotatable bonds is 6. The molecule has 0 saturated heterocycles. The van der Waals surface area contributed by atoms with Crippen molar-refractivity contribution in [2.45, 2.75) is 51.0 Å². The molecule has 1 aromatic heterocycles. The van der Waals surface area contributed by atoms with Crippen LogP contribution in [0.25, 0.3) is 0 Å². The van der Waals surface area contributed by atoms with Gasteiger partial charge in [0.1, 0.15) is 11.4 Å². The van der Waals surface area contributed by atoms with Gasteiger partial charge in [0.15, 0.2) is 0 Å². The topological polar surface area (TPSA) is 95.2 Å². The van der Waals surface area contributed by atoms with Gasteiger partial charge in [-0.15, -0.1) is 0 Å². The fourth-order valence-electron chi connectivity index (χ4n) is 4.33. The van der Waals surface area contributed by atoms with Crippen LogP contribution in [-0.2, 0) is 21.2 Å². The number of fused-ring (bicyclic) bond motifs is 1. The summed E-state index contributed by atoms with van der Waals surface area (Å²) >= 11 is 0. The molecule has 0 aliphatic heterocycles. The number of benzene rings is 2. The van der Waals surface area contributed by atoms with Crippen molar-refractivity contribution in [1.29, 1.82) is 0 Å². The second kappa shape index (κ2) is 8.78. The summed E-state index contributed by atoms with van der Waals surface area (Å²) in [5.41, 5.74) is 4.61. The van der Waals surface area contributed by atoms with Gasteiger partial charge in [0.2, 0.25) is 5.91 Å². The van der Waals surface area contributed by atoms with E-state index in [1.807, 2.05) is 37.3 Å². The first-order chi connectivity index (χ1) is 15.3. The highest BCUT2D eigenvalue weighted by Crippen LogP contribution is 2.30. The predicted molar refractivity (Wildman–Crippen MR) is 124 cm³/mol. The fraction of sp³-hybridized carbons (Fsp3) is 0.333. The summed E-state index contributed by atoms with van der Waals surface area (Å²) in [4.78, 5) is 13.2. The van der Waals surface area contributed by atoms with Crippen molar-refractivity contribution in [3.8, 4) is 0 Å². The van der Waals surface area contributed by atoms with E-state index in [1.54, 1.807) is 26.0 Å². The van der Waals surface area contributed by atoms with E-state index in [0.29, 0.717) is 17.1 Å². The zero-order valence-corrected chi connectivity index (χ0v) is 19.4. The Kier molecular flexibility index (Phi) is 6.06. The second-order valence-corrected chi connectivity index (χ2v) is 10.1. The van der Waals surface area contributed by atoms with Crippen LogP contribution in [0.15, 0.2) is 53.4 Å². The Morgan fingerprint density at radius 2 is 1.84 bits per heavy atom. The minimum absolute atomic E-state index is 0.105. The predicted octanol–water partition coefficient (Wildman–Crippen LogP) is 3.72. The van der Waals surface area contributed by atoms with Gasteiger partial charge in [0.25, 0.3) is 10.0 Å². The number of nitrogens with one attached hydrogen (secondary N) is 2. The van der Waals surface area contributed by atoms with Crippen molar-refractivity contribution in [2.75, 3.05) is 10.8 Å². The SMILES string of the molecule is Cc1ccc(N(CC(=O)N[C@H]2CCCc3ccccc32)S(=O)(=O)c2c(C)n[nH]c2C)cc1. The molecule has 0 saturated carbocycles. The molecule has 2 aromatic carbocycles. The number of carbonyl (C=O) groups excluding carboxylic acids is 1. The first-order valence-electron chi connectivity index (χ1n) is 10.8. The van der Waals surface area contributed by atoms with E-state index in [2.05, 4.69) is 21.6 Å². The molecular formula is C24H28N4O3S. The average Bonchev–Trinajstić information content (AvgIpc) is 3.12. The number of anilines is 1. The average molecular weight is 453 g/mol. The maximum absolute atomic E-state index is 13.6. The maximum atomic E-state index is 13.6. The number of sulfonamides is 1. The molecule has 1 aliphatic rings. The lowest BCUT2D eigenvalue weighted by Gasteiger charge is -2.29. The van der Waals surface area contributed by atoms with Gasteiger partial charge < -0.3 is 5.32 Å². The van der Waals surface area contributed by atoms with Crippen LogP contribution in [0.2, 0.25) is 0 Å². The smallest absolute Gasteiger partial charge is 0.268 e. The Bertz CT molecular complexity index is 1210. The van der Waals surface area contributed by atoms with Gasteiger partial charge >= 0.3 is 0 Å². The summed E-state index contributed by atoms with van der Waals surface area (Å²) in [5, 5.41) is 9.84. The number of nitrogens with zero attached hydrogens (tertiary/aromatic N) is 2. The molecule has 0 bridgehead atoms. The molecule has 0 radical (unpaired) electrons. The third-order valence-corrected chi connectivity index (χ3v) is 7.96. The van der Waals surface area contributed by atoms with Crippen molar-refractivity contribution in [1.82, 2.24) is 15.5 Å². The molecule has 2 N–H and O–H groups in total. The van der Waals surface area contributed by atoms with E-state index < -0.39 is 10.0 Å². The highest BCUT2D eigenvalue weighted by Gasteiger charge is 2.32. The number of aromatic nitrogens is 2. The molecule has 168 valence electrons. The quantitative estimate of drug-likeness (QED) is 0.596. The summed E-state index contributed by atoms with van der Waals surface area (Å²) in [6, 6.07) is 15.1. The lowest BCUT2D eigenvalue weighted by Crippen LogP contribution is -2.42. The minimum Gasteiger partial charge on any atom is -0.348 e. The van der Waals surface area contributed by atoms with Crippen LogP contribution < -0.4 is 9.62 Å². The first-order valence-corrected chi connectivity index (χ1v) is 12.2. The Hall–Kier alpha value is -3.13. The lowest BCUT2D eigenvalue weighted by atomic mass is 9.88. The van der Waals surface area contributed by atoms with Crippen LogP contribution in [-0.4, -0.2) is 31.1 Å². The van der Waals surface area contributed by atoms with Gasteiger partial charge in [-0.2, -0.15) is 5.10 Å².